The lowest BCUT2D eigenvalue weighted by Gasteiger charge is -2.33. The first-order valence-electron chi connectivity index (χ1n) is 8.01. The predicted molar refractivity (Wildman–Crippen MR) is 80.8 cm³/mol. The fraction of sp³-hybridized carbons (Fsp3) is 0.933. The number of nitrogens with two attached hydrogens (primary N) is 1. The molecule has 0 aromatic heterocycles. The Morgan fingerprint density at radius 2 is 1.74 bits per heavy atom. The topological polar surface area (TPSA) is 53.6 Å². The van der Waals surface area contributed by atoms with E-state index < -0.39 is 0 Å². The van der Waals surface area contributed by atoms with Crippen molar-refractivity contribution in [1.82, 2.24) is 10.3 Å². The smallest absolute Gasteiger partial charge is 0.208 e. The molecular weight excluding hydrogens is 236 g/mol. The summed E-state index contributed by atoms with van der Waals surface area (Å²) in [7, 11) is 0. The van der Waals surface area contributed by atoms with Gasteiger partial charge in [0.2, 0.25) is 5.96 Å². The molecule has 0 aromatic carbocycles. The average Bonchev–Trinajstić information content (AvgIpc) is 3.06. The lowest BCUT2D eigenvalue weighted by Crippen LogP contribution is -2.50. The molecule has 19 heavy (non-hydrogen) atoms. The van der Waals surface area contributed by atoms with E-state index in [0.29, 0.717) is 18.0 Å². The van der Waals surface area contributed by atoms with Crippen LogP contribution in [0.5, 0.6) is 0 Å². The fourth-order valence-corrected chi connectivity index (χ4v) is 3.42. The number of nitrogens with zero attached hydrogens (tertiary/aromatic N) is 2. The molecule has 0 atom stereocenters. The van der Waals surface area contributed by atoms with Crippen LogP contribution in [0.2, 0.25) is 0 Å². The van der Waals surface area contributed by atoms with E-state index in [4.69, 9.17) is 10.8 Å². The maximum atomic E-state index is 5.77. The van der Waals surface area contributed by atoms with Gasteiger partial charge in [-0.2, -0.15) is 0 Å². The molecule has 2 aliphatic carbocycles. The van der Waals surface area contributed by atoms with E-state index in [9.17, 15) is 0 Å². The van der Waals surface area contributed by atoms with Crippen molar-refractivity contribution in [2.24, 2.45) is 16.8 Å². The van der Waals surface area contributed by atoms with Gasteiger partial charge in [-0.3, -0.25) is 5.43 Å². The molecule has 0 aromatic rings. The Hall–Kier alpha value is -0.770. The molecule has 0 heterocycles. The fourth-order valence-electron chi connectivity index (χ4n) is 3.42. The minimum absolute atomic E-state index is 0.488. The van der Waals surface area contributed by atoms with E-state index >= 15 is 0 Å². The Morgan fingerprint density at radius 1 is 1.16 bits per heavy atom. The number of hydrogen-bond acceptors (Lipinski definition) is 2. The predicted octanol–water partition coefficient (Wildman–Crippen LogP) is 2.65. The van der Waals surface area contributed by atoms with Crippen molar-refractivity contribution < 1.29 is 0 Å². The Labute approximate surface area is 117 Å². The molecular formula is C15H30N4. The first-order chi connectivity index (χ1) is 9.20. The third kappa shape index (κ3) is 4.10. The summed E-state index contributed by atoms with van der Waals surface area (Å²) in [5, 5.41) is 0. The van der Waals surface area contributed by atoms with E-state index in [-0.39, 0.29) is 0 Å². The van der Waals surface area contributed by atoms with Gasteiger partial charge in [-0.1, -0.05) is 39.5 Å². The summed E-state index contributed by atoms with van der Waals surface area (Å²) in [6.45, 7) is 5.59. The van der Waals surface area contributed by atoms with Gasteiger partial charge >= 0.3 is 0 Å². The molecule has 4 heteroatoms. The summed E-state index contributed by atoms with van der Waals surface area (Å²) in [4.78, 5) is 7.34. The van der Waals surface area contributed by atoms with Crippen LogP contribution in [0, 0.1) is 5.92 Å². The molecule has 0 saturated heterocycles. The van der Waals surface area contributed by atoms with Gasteiger partial charge in [0.25, 0.3) is 0 Å². The first kappa shape index (κ1) is 14.6. The first-order valence-corrected chi connectivity index (χ1v) is 8.01. The maximum absolute atomic E-state index is 5.77. The molecule has 2 aliphatic rings. The van der Waals surface area contributed by atoms with Crippen LogP contribution in [-0.2, 0) is 0 Å². The van der Waals surface area contributed by atoms with E-state index in [0.717, 1.165) is 12.5 Å². The zero-order chi connectivity index (χ0) is 13.7. The highest BCUT2D eigenvalue weighted by molar-refractivity contribution is 5.80. The highest BCUT2D eigenvalue weighted by atomic mass is 15.4. The van der Waals surface area contributed by atoms with Crippen molar-refractivity contribution in [2.75, 3.05) is 6.54 Å². The quantitative estimate of drug-likeness (QED) is 0.356. The molecule has 2 rings (SSSR count). The third-order valence-electron chi connectivity index (χ3n) is 4.36. The Kier molecular flexibility index (Phi) is 5.49. The summed E-state index contributed by atoms with van der Waals surface area (Å²) in [6, 6.07) is 1.13. The molecule has 0 amide bonds. The number of hydrazine groups is 1. The van der Waals surface area contributed by atoms with Crippen LogP contribution in [0.4, 0.5) is 0 Å². The van der Waals surface area contributed by atoms with E-state index in [1.165, 1.54) is 51.4 Å². The normalized spacial score (nSPS) is 22.4. The van der Waals surface area contributed by atoms with Crippen LogP contribution in [0.15, 0.2) is 4.99 Å². The van der Waals surface area contributed by atoms with Crippen LogP contribution in [0.25, 0.3) is 0 Å². The average molecular weight is 266 g/mol. The molecule has 0 bridgehead atoms. The lowest BCUT2D eigenvalue weighted by atomic mass is 10.1. The van der Waals surface area contributed by atoms with Gasteiger partial charge in [-0.05, 0) is 31.6 Å². The second-order valence-corrected chi connectivity index (χ2v) is 6.52. The molecule has 2 fully saturated rings. The van der Waals surface area contributed by atoms with Crippen LogP contribution in [0.1, 0.15) is 65.2 Å². The molecule has 0 unspecified atom stereocenters. The largest absolute Gasteiger partial charge is 0.339 e. The molecule has 3 N–H and O–H groups in total. The van der Waals surface area contributed by atoms with E-state index in [1.54, 1.807) is 0 Å². The van der Waals surface area contributed by atoms with Crippen molar-refractivity contribution in [1.29, 1.82) is 0 Å². The highest BCUT2D eigenvalue weighted by Crippen LogP contribution is 2.26. The minimum Gasteiger partial charge on any atom is -0.339 e. The van der Waals surface area contributed by atoms with Crippen molar-refractivity contribution >= 4 is 5.96 Å². The van der Waals surface area contributed by atoms with Crippen molar-refractivity contribution in [3.05, 3.63) is 0 Å². The van der Waals surface area contributed by atoms with Crippen LogP contribution in [0.3, 0.4) is 0 Å². The number of rotatable bonds is 4. The maximum Gasteiger partial charge on any atom is 0.208 e. The standard InChI is InChI=1S/C15H30N4/c1-12(2)11-19(14-9-5-6-10-14)15(18-16)17-13-7-3-4-8-13/h12-14H,3-11,16H2,1-2H3,(H,17,18). The van der Waals surface area contributed by atoms with E-state index in [2.05, 4.69) is 24.2 Å². The van der Waals surface area contributed by atoms with Crippen molar-refractivity contribution in [3.63, 3.8) is 0 Å². The van der Waals surface area contributed by atoms with Gasteiger partial charge < -0.3 is 4.90 Å². The number of hydrogen-bond donors (Lipinski definition) is 2. The summed E-state index contributed by atoms with van der Waals surface area (Å²) in [5.41, 5.74) is 2.89. The molecule has 4 nitrogen and oxygen atoms in total. The van der Waals surface area contributed by atoms with Gasteiger partial charge in [-0.15, -0.1) is 0 Å². The van der Waals surface area contributed by atoms with E-state index in [1.807, 2.05) is 0 Å². The van der Waals surface area contributed by atoms with Gasteiger partial charge in [0.1, 0.15) is 0 Å². The molecule has 0 aliphatic heterocycles. The van der Waals surface area contributed by atoms with Crippen LogP contribution < -0.4 is 11.3 Å². The lowest BCUT2D eigenvalue weighted by molar-refractivity contribution is 0.272. The zero-order valence-corrected chi connectivity index (χ0v) is 12.6. The highest BCUT2D eigenvalue weighted by Gasteiger charge is 2.26. The number of aliphatic imine (C=N–C) groups is 1. The minimum atomic E-state index is 0.488. The second-order valence-electron chi connectivity index (χ2n) is 6.52. The van der Waals surface area contributed by atoms with Gasteiger partial charge in [-0.25, -0.2) is 10.8 Å². The molecule has 0 radical (unpaired) electrons. The monoisotopic (exact) mass is 266 g/mol. The van der Waals surface area contributed by atoms with Gasteiger partial charge in [0, 0.05) is 12.6 Å². The Balaban J connectivity index is 2.08. The van der Waals surface area contributed by atoms with Crippen molar-refractivity contribution in [3.8, 4) is 0 Å². The summed E-state index contributed by atoms with van der Waals surface area (Å²) >= 11 is 0. The summed E-state index contributed by atoms with van der Waals surface area (Å²) in [5.74, 6) is 7.35. The SMILES string of the molecule is CC(C)CN(C(=NC1CCCC1)NN)C1CCCC1. The molecule has 110 valence electrons. The Bertz CT molecular complexity index is 289. The number of guanidine groups is 1. The summed E-state index contributed by atoms with van der Waals surface area (Å²) < 4.78 is 0. The summed E-state index contributed by atoms with van der Waals surface area (Å²) in [6.07, 6.45) is 10.4. The molecule has 2 saturated carbocycles. The van der Waals surface area contributed by atoms with Gasteiger partial charge in [0.15, 0.2) is 0 Å². The molecule has 0 spiro atoms. The zero-order valence-electron chi connectivity index (χ0n) is 12.6. The van der Waals surface area contributed by atoms with Gasteiger partial charge in [0.05, 0.1) is 6.04 Å². The van der Waals surface area contributed by atoms with Crippen molar-refractivity contribution in [2.45, 2.75) is 77.3 Å². The second kappa shape index (κ2) is 7.13. The van der Waals surface area contributed by atoms with Crippen LogP contribution in [-0.4, -0.2) is 29.5 Å². The number of nitrogens with one attached hydrogen (secondary N) is 1. The Morgan fingerprint density at radius 3 is 2.26 bits per heavy atom. The third-order valence-corrected chi connectivity index (χ3v) is 4.36. The van der Waals surface area contributed by atoms with Crippen LogP contribution >= 0.6 is 0 Å².